The van der Waals surface area contributed by atoms with Gasteiger partial charge in [0.15, 0.2) is 5.82 Å². The van der Waals surface area contributed by atoms with Gasteiger partial charge in [0.1, 0.15) is 11.4 Å². The molecule has 2 heterocycles. The van der Waals surface area contributed by atoms with Gasteiger partial charge in [0.2, 0.25) is 0 Å². The molecule has 5 heteroatoms. The van der Waals surface area contributed by atoms with Gasteiger partial charge >= 0.3 is 0 Å². The van der Waals surface area contributed by atoms with Crippen molar-refractivity contribution in [2.75, 3.05) is 7.11 Å². The zero-order valence-corrected chi connectivity index (χ0v) is 12.1. The first-order valence-corrected chi connectivity index (χ1v) is 6.91. The van der Waals surface area contributed by atoms with Crippen LogP contribution in [0.4, 0.5) is 0 Å². The van der Waals surface area contributed by atoms with Crippen LogP contribution in [0, 0.1) is 0 Å². The normalized spacial score (nSPS) is 10.8. The Morgan fingerprint density at radius 3 is 2.90 bits per heavy atom. The van der Waals surface area contributed by atoms with E-state index in [0.717, 1.165) is 35.8 Å². The van der Waals surface area contributed by atoms with Crippen LogP contribution in [0.1, 0.15) is 18.3 Å². The highest BCUT2D eigenvalue weighted by Gasteiger charge is 2.12. The van der Waals surface area contributed by atoms with Crippen molar-refractivity contribution in [3.63, 3.8) is 0 Å². The van der Waals surface area contributed by atoms with Gasteiger partial charge in [-0.1, -0.05) is 24.2 Å². The summed E-state index contributed by atoms with van der Waals surface area (Å²) in [6.45, 7) is 2.73. The monoisotopic (exact) mass is 283 g/mol. The lowest BCUT2D eigenvalue weighted by Crippen LogP contribution is -2.00. The second-order valence-electron chi connectivity index (χ2n) is 4.74. The molecule has 2 aromatic heterocycles. The molecule has 3 rings (SSSR count). The van der Waals surface area contributed by atoms with Gasteiger partial charge in [-0.05, 0) is 29.8 Å². The van der Waals surface area contributed by atoms with Gasteiger partial charge in [-0.15, -0.1) is 0 Å². The average molecular weight is 283 g/mol. The van der Waals surface area contributed by atoms with Crippen molar-refractivity contribution in [1.82, 2.24) is 14.7 Å². The summed E-state index contributed by atoms with van der Waals surface area (Å²) in [6.07, 6.45) is 2.77. The first-order valence-electron chi connectivity index (χ1n) is 6.91. The molecule has 0 amide bonds. The molecule has 0 unspecified atom stereocenters. The summed E-state index contributed by atoms with van der Waals surface area (Å²) in [7, 11) is 1.67. The minimum Gasteiger partial charge on any atom is -0.497 e. The molecule has 108 valence electrons. The Bertz CT molecular complexity index is 730. The second kappa shape index (κ2) is 5.83. The average Bonchev–Trinajstić information content (AvgIpc) is 3.16. The zero-order valence-electron chi connectivity index (χ0n) is 12.1. The Hall–Kier alpha value is -2.56. The Morgan fingerprint density at radius 2 is 2.14 bits per heavy atom. The van der Waals surface area contributed by atoms with E-state index in [0.29, 0.717) is 5.89 Å². The fraction of sp³-hybridized carbons (Fsp3) is 0.250. The maximum atomic E-state index is 5.32. The molecule has 21 heavy (non-hydrogen) atoms. The molecule has 1 aromatic carbocycles. The Balaban J connectivity index is 1.88. The number of hydrogen-bond donors (Lipinski definition) is 0. The topological polar surface area (TPSA) is 53.1 Å². The number of nitrogens with zero attached hydrogens (tertiary/aromatic N) is 3. The Morgan fingerprint density at radius 1 is 1.24 bits per heavy atom. The summed E-state index contributed by atoms with van der Waals surface area (Å²) in [5, 5.41) is 3.95. The van der Waals surface area contributed by atoms with Crippen LogP contribution >= 0.6 is 0 Å². The van der Waals surface area contributed by atoms with Gasteiger partial charge in [-0.2, -0.15) is 4.98 Å². The molecule has 0 N–H and O–H groups in total. The highest BCUT2D eigenvalue weighted by atomic mass is 16.5. The van der Waals surface area contributed by atoms with E-state index in [9.17, 15) is 0 Å². The van der Waals surface area contributed by atoms with Crippen LogP contribution < -0.4 is 4.74 Å². The van der Waals surface area contributed by atoms with Crippen molar-refractivity contribution < 1.29 is 9.26 Å². The number of benzene rings is 1. The van der Waals surface area contributed by atoms with Crippen molar-refractivity contribution in [1.29, 1.82) is 0 Å². The van der Waals surface area contributed by atoms with E-state index in [-0.39, 0.29) is 0 Å². The number of methoxy groups -OCH3 is 1. The van der Waals surface area contributed by atoms with Crippen LogP contribution in [0.2, 0.25) is 0 Å². The second-order valence-corrected chi connectivity index (χ2v) is 4.74. The maximum Gasteiger partial charge on any atom is 0.274 e. The third-order valence-electron chi connectivity index (χ3n) is 3.32. The van der Waals surface area contributed by atoms with Crippen molar-refractivity contribution in [3.05, 3.63) is 54.0 Å². The van der Waals surface area contributed by atoms with Gasteiger partial charge < -0.3 is 13.8 Å². The summed E-state index contributed by atoms with van der Waals surface area (Å²) >= 11 is 0. The van der Waals surface area contributed by atoms with Crippen LogP contribution in [0.3, 0.4) is 0 Å². The summed E-state index contributed by atoms with van der Waals surface area (Å²) < 4.78 is 12.7. The third kappa shape index (κ3) is 2.81. The van der Waals surface area contributed by atoms with Crippen LogP contribution in [-0.2, 0) is 13.0 Å². The van der Waals surface area contributed by atoms with E-state index < -0.39 is 0 Å². The predicted octanol–water partition coefficient (Wildman–Crippen LogP) is 3.16. The first kappa shape index (κ1) is 13.4. The summed E-state index contributed by atoms with van der Waals surface area (Å²) in [5.74, 6) is 2.13. The van der Waals surface area contributed by atoms with Crippen LogP contribution in [0.15, 0.2) is 47.1 Å². The van der Waals surface area contributed by atoms with Crippen molar-refractivity contribution in [3.8, 4) is 17.3 Å². The van der Waals surface area contributed by atoms with Crippen molar-refractivity contribution in [2.24, 2.45) is 0 Å². The van der Waals surface area contributed by atoms with Crippen molar-refractivity contribution >= 4 is 0 Å². The molecular formula is C16H17N3O2. The van der Waals surface area contributed by atoms with E-state index >= 15 is 0 Å². The van der Waals surface area contributed by atoms with Crippen LogP contribution in [0.25, 0.3) is 11.6 Å². The van der Waals surface area contributed by atoms with Crippen LogP contribution in [-0.4, -0.2) is 21.8 Å². The lowest BCUT2D eigenvalue weighted by molar-refractivity contribution is 0.414. The molecule has 0 radical (unpaired) electrons. The molecular weight excluding hydrogens is 266 g/mol. The van der Waals surface area contributed by atoms with Crippen molar-refractivity contribution in [2.45, 2.75) is 19.9 Å². The first-order chi connectivity index (χ1) is 10.3. The molecule has 0 atom stereocenters. The number of aromatic nitrogens is 3. The van der Waals surface area contributed by atoms with Gasteiger partial charge in [-0.3, -0.25) is 0 Å². The number of rotatable bonds is 5. The van der Waals surface area contributed by atoms with E-state index in [1.54, 1.807) is 7.11 Å². The Kier molecular flexibility index (Phi) is 3.73. The zero-order chi connectivity index (χ0) is 14.7. The molecule has 0 bridgehead atoms. The number of aryl methyl sites for hydroxylation is 1. The predicted molar refractivity (Wildman–Crippen MR) is 79.2 cm³/mol. The molecule has 0 aliphatic rings. The molecule has 5 nitrogen and oxygen atoms in total. The molecule has 0 fully saturated rings. The van der Waals surface area contributed by atoms with Gasteiger partial charge in [0.25, 0.3) is 5.89 Å². The SMILES string of the molecule is CCc1noc(-c2cccn2Cc2cccc(OC)c2)n1. The highest BCUT2D eigenvalue weighted by Crippen LogP contribution is 2.21. The molecule has 0 aliphatic heterocycles. The minimum atomic E-state index is 0.555. The Labute approximate surface area is 123 Å². The fourth-order valence-corrected chi connectivity index (χ4v) is 2.22. The fourth-order valence-electron chi connectivity index (χ4n) is 2.22. The molecule has 0 saturated carbocycles. The van der Waals surface area contributed by atoms with Crippen LogP contribution in [0.5, 0.6) is 5.75 Å². The molecule has 0 saturated heterocycles. The summed E-state index contributed by atoms with van der Waals surface area (Å²) in [4.78, 5) is 4.38. The van der Waals surface area contributed by atoms with E-state index in [4.69, 9.17) is 9.26 Å². The molecule has 3 aromatic rings. The number of ether oxygens (including phenoxy) is 1. The number of hydrogen-bond acceptors (Lipinski definition) is 4. The smallest absolute Gasteiger partial charge is 0.274 e. The lowest BCUT2D eigenvalue weighted by Gasteiger charge is -2.08. The van der Waals surface area contributed by atoms with Gasteiger partial charge in [0.05, 0.1) is 7.11 Å². The molecule has 0 aliphatic carbocycles. The highest BCUT2D eigenvalue weighted by molar-refractivity contribution is 5.48. The van der Waals surface area contributed by atoms with E-state index in [1.165, 1.54) is 0 Å². The van der Waals surface area contributed by atoms with Gasteiger partial charge in [0, 0.05) is 19.2 Å². The maximum absolute atomic E-state index is 5.32. The minimum absolute atomic E-state index is 0.555. The van der Waals surface area contributed by atoms with E-state index in [2.05, 4.69) is 20.8 Å². The van der Waals surface area contributed by atoms with E-state index in [1.807, 2.05) is 43.5 Å². The van der Waals surface area contributed by atoms with Gasteiger partial charge in [-0.25, -0.2) is 0 Å². The standard InChI is InChI=1S/C16H17N3O2/c1-3-15-17-16(21-18-15)14-8-5-9-19(14)11-12-6-4-7-13(10-12)20-2/h4-10H,3,11H2,1-2H3. The summed E-state index contributed by atoms with van der Waals surface area (Å²) in [6, 6.07) is 12.0. The quantitative estimate of drug-likeness (QED) is 0.721. The largest absolute Gasteiger partial charge is 0.497 e. The summed E-state index contributed by atoms with van der Waals surface area (Å²) in [5.41, 5.74) is 2.08. The third-order valence-corrected chi connectivity index (χ3v) is 3.32. The lowest BCUT2D eigenvalue weighted by atomic mass is 10.2. The molecule has 0 spiro atoms.